The Morgan fingerprint density at radius 3 is 2.26 bits per heavy atom. The number of nitrogens with zero attached hydrogens (tertiary/aromatic N) is 4. The lowest BCUT2D eigenvalue weighted by atomic mass is 9.97. The highest BCUT2D eigenvalue weighted by molar-refractivity contribution is 7.10. The number of halogens is 6. The van der Waals surface area contributed by atoms with Crippen LogP contribution in [0.3, 0.4) is 0 Å². The molecule has 2 aromatic heterocycles. The Hall–Kier alpha value is -5.19. The number of nitrogens with one attached hydrogen (secondary N) is 1. The van der Waals surface area contributed by atoms with Gasteiger partial charge in [0.05, 0.1) is 29.6 Å². The van der Waals surface area contributed by atoms with Crippen LogP contribution in [0.4, 0.5) is 32.0 Å². The number of amides is 1. The molecule has 0 bridgehead atoms. The maximum Gasteiger partial charge on any atom is 0.435 e. The van der Waals surface area contributed by atoms with E-state index in [2.05, 4.69) is 34.6 Å². The van der Waals surface area contributed by atoms with E-state index >= 15 is 0 Å². The topological polar surface area (TPSA) is 116 Å². The zero-order valence-corrected chi connectivity index (χ0v) is 30.7. The Balaban J connectivity index is 0.000000290. The normalized spacial score (nSPS) is 12.9. The molecule has 0 aliphatic carbocycles. The quantitative estimate of drug-likeness (QED) is 0.0666. The summed E-state index contributed by atoms with van der Waals surface area (Å²) >= 11 is 1.49. The number of hydrogen-bond acceptors (Lipinski definition) is 9. The highest BCUT2D eigenvalue weighted by Crippen LogP contribution is 2.36. The first-order valence-corrected chi connectivity index (χ1v) is 16.9. The molecule has 10 nitrogen and oxygen atoms in total. The number of rotatable bonds is 12. The van der Waals surface area contributed by atoms with Crippen LogP contribution in [0.1, 0.15) is 83.2 Å². The van der Waals surface area contributed by atoms with Gasteiger partial charge in [-0.05, 0) is 54.3 Å². The summed E-state index contributed by atoms with van der Waals surface area (Å²) in [7, 11) is 3.87. The first kappa shape index (κ1) is 42.2. The second-order valence-corrected chi connectivity index (χ2v) is 13.0. The summed E-state index contributed by atoms with van der Waals surface area (Å²) in [4.78, 5) is 35.2. The van der Waals surface area contributed by atoms with Crippen molar-refractivity contribution in [3.63, 3.8) is 0 Å². The molecule has 2 aromatic carbocycles. The van der Waals surface area contributed by atoms with Crippen molar-refractivity contribution in [2.24, 2.45) is 23.3 Å². The van der Waals surface area contributed by atoms with Crippen LogP contribution in [0.2, 0.25) is 0 Å². The minimum Gasteiger partial charge on any atom is -0.464 e. The molecule has 0 aliphatic rings. The molecule has 286 valence electrons. The molecule has 4 aromatic rings. The fourth-order valence-electron chi connectivity index (χ4n) is 5.11. The SMILES string of the molecule is CC(C)CC(C)c1sccc1NC(=O)c1cn(C)nc1C(F)(F)F.CO/N=C(/C(=O)OC)c1ccccc1CO/N=C(\C)c1cccc(C(F)(F)F)c1. The number of alkyl halides is 6. The van der Waals surface area contributed by atoms with Crippen molar-refractivity contribution < 1.29 is 50.3 Å². The van der Waals surface area contributed by atoms with Crippen molar-refractivity contribution in [1.82, 2.24) is 9.78 Å². The maximum absolute atomic E-state index is 13.0. The average Bonchev–Trinajstić information content (AvgIpc) is 3.73. The smallest absolute Gasteiger partial charge is 0.435 e. The van der Waals surface area contributed by atoms with Crippen molar-refractivity contribution >= 4 is 40.3 Å². The molecule has 17 heteroatoms. The fourth-order valence-corrected chi connectivity index (χ4v) is 6.03. The number of aromatic nitrogens is 2. The van der Waals surface area contributed by atoms with Gasteiger partial charge in [-0.15, -0.1) is 11.3 Å². The molecule has 1 unspecified atom stereocenters. The van der Waals surface area contributed by atoms with Gasteiger partial charge in [-0.1, -0.05) is 67.5 Å². The third-order valence-electron chi connectivity index (χ3n) is 7.42. The molecular weight excluding hydrogens is 728 g/mol. The summed E-state index contributed by atoms with van der Waals surface area (Å²) in [6.07, 6.45) is -7.09. The predicted molar refractivity (Wildman–Crippen MR) is 189 cm³/mol. The van der Waals surface area contributed by atoms with Gasteiger partial charge >= 0.3 is 18.3 Å². The van der Waals surface area contributed by atoms with Gasteiger partial charge in [0.2, 0.25) is 0 Å². The Morgan fingerprint density at radius 2 is 1.64 bits per heavy atom. The van der Waals surface area contributed by atoms with Crippen LogP contribution in [0, 0.1) is 5.92 Å². The van der Waals surface area contributed by atoms with E-state index in [1.807, 2.05) is 12.3 Å². The van der Waals surface area contributed by atoms with Gasteiger partial charge in [0.1, 0.15) is 13.7 Å². The summed E-state index contributed by atoms with van der Waals surface area (Å²) in [5.41, 5.74) is -0.358. The molecule has 0 saturated carbocycles. The Kier molecular flexibility index (Phi) is 14.8. The minimum atomic E-state index is -4.67. The van der Waals surface area contributed by atoms with Gasteiger partial charge in [-0.2, -0.15) is 31.4 Å². The van der Waals surface area contributed by atoms with E-state index in [9.17, 15) is 35.9 Å². The van der Waals surface area contributed by atoms with E-state index < -0.39 is 41.0 Å². The molecule has 0 saturated heterocycles. The number of methoxy groups -OCH3 is 1. The average molecular weight is 768 g/mol. The summed E-state index contributed by atoms with van der Waals surface area (Å²) in [5, 5.41) is 15.4. The molecule has 0 aliphatic heterocycles. The largest absolute Gasteiger partial charge is 0.464 e. The van der Waals surface area contributed by atoms with E-state index in [0.29, 0.717) is 22.7 Å². The number of esters is 1. The van der Waals surface area contributed by atoms with Crippen molar-refractivity contribution in [3.05, 3.63) is 105 Å². The zero-order chi connectivity index (χ0) is 39.5. The van der Waals surface area contributed by atoms with Gasteiger partial charge < -0.3 is 19.7 Å². The van der Waals surface area contributed by atoms with Gasteiger partial charge in [-0.3, -0.25) is 9.48 Å². The zero-order valence-electron chi connectivity index (χ0n) is 29.9. The highest BCUT2D eigenvalue weighted by Gasteiger charge is 2.39. The van der Waals surface area contributed by atoms with Crippen LogP contribution in [0.5, 0.6) is 0 Å². The lowest BCUT2D eigenvalue weighted by molar-refractivity contribution is -0.141. The number of anilines is 1. The first-order valence-electron chi connectivity index (χ1n) is 16.0. The molecule has 1 atom stereocenters. The predicted octanol–water partition coefficient (Wildman–Crippen LogP) is 9.07. The van der Waals surface area contributed by atoms with Crippen molar-refractivity contribution in [3.8, 4) is 0 Å². The third kappa shape index (κ3) is 11.9. The molecule has 53 heavy (non-hydrogen) atoms. The van der Waals surface area contributed by atoms with Crippen LogP contribution >= 0.6 is 11.3 Å². The standard InChI is InChI=1S/C20H19F3N2O4.C16H20F3N3OS/c1-13(14-8-6-9-16(11-14)20(21,22)23)24-29-12-15-7-4-5-10-17(15)18(25-28-3)19(26)27-2;1-9(2)7-10(3)13-12(5-6-24-13)20-15(23)11-8-22(4)21-14(11)16(17,18)19/h4-11H,12H2,1-3H3;5-6,8-10H,7H2,1-4H3,(H,20,23)/b24-13+,25-18+;. The number of oxime groups is 2. The maximum atomic E-state index is 13.0. The summed E-state index contributed by atoms with van der Waals surface area (Å²) in [6.45, 7) is 7.74. The van der Waals surface area contributed by atoms with Crippen LogP contribution in [0.25, 0.3) is 0 Å². The van der Waals surface area contributed by atoms with Crippen LogP contribution in [0.15, 0.2) is 76.5 Å². The Labute approximate surface area is 306 Å². The van der Waals surface area contributed by atoms with Crippen molar-refractivity contribution in [2.45, 2.75) is 59.0 Å². The molecular formula is C36H39F6N5O5S. The Bertz CT molecular complexity index is 1920. The highest BCUT2D eigenvalue weighted by atomic mass is 32.1. The number of ether oxygens (including phenoxy) is 1. The molecule has 4 rings (SSSR count). The van der Waals surface area contributed by atoms with Gasteiger partial charge in [0, 0.05) is 29.2 Å². The third-order valence-corrected chi connectivity index (χ3v) is 8.57. The molecule has 2 heterocycles. The van der Waals surface area contributed by atoms with E-state index in [1.165, 1.54) is 51.7 Å². The van der Waals surface area contributed by atoms with E-state index in [4.69, 9.17) is 14.4 Å². The summed E-state index contributed by atoms with van der Waals surface area (Å²) in [5.74, 6) is -0.785. The van der Waals surface area contributed by atoms with Gasteiger partial charge in [0.15, 0.2) is 11.4 Å². The molecule has 1 amide bonds. The number of carbonyl (C=O) groups is 2. The van der Waals surface area contributed by atoms with Gasteiger partial charge in [0.25, 0.3) is 5.91 Å². The summed E-state index contributed by atoms with van der Waals surface area (Å²) < 4.78 is 83.2. The molecule has 0 radical (unpaired) electrons. The van der Waals surface area contributed by atoms with Crippen LogP contribution in [-0.4, -0.2) is 47.3 Å². The van der Waals surface area contributed by atoms with E-state index in [-0.39, 0.29) is 29.5 Å². The number of aryl methyl sites for hydroxylation is 1. The first-order chi connectivity index (χ1) is 24.9. The van der Waals surface area contributed by atoms with E-state index in [1.54, 1.807) is 30.3 Å². The van der Waals surface area contributed by atoms with Crippen molar-refractivity contribution in [1.29, 1.82) is 0 Å². The number of carbonyl (C=O) groups excluding carboxylic acids is 2. The molecule has 0 fully saturated rings. The second-order valence-electron chi connectivity index (χ2n) is 12.0. The lowest BCUT2D eigenvalue weighted by Gasteiger charge is -2.15. The number of benzene rings is 2. The van der Waals surface area contributed by atoms with Crippen molar-refractivity contribution in [2.75, 3.05) is 19.5 Å². The Morgan fingerprint density at radius 1 is 0.943 bits per heavy atom. The molecule has 1 N–H and O–H groups in total. The monoisotopic (exact) mass is 767 g/mol. The minimum absolute atomic E-state index is 0.0484. The summed E-state index contributed by atoms with van der Waals surface area (Å²) in [6, 6.07) is 13.3. The second kappa shape index (κ2) is 18.5. The van der Waals surface area contributed by atoms with Crippen LogP contribution in [-0.2, 0) is 45.2 Å². The lowest BCUT2D eigenvalue weighted by Crippen LogP contribution is -2.19. The number of hydrogen-bond donors (Lipinski definition) is 1. The van der Waals surface area contributed by atoms with Crippen LogP contribution < -0.4 is 5.32 Å². The molecule has 0 spiro atoms. The van der Waals surface area contributed by atoms with Gasteiger partial charge in [-0.25, -0.2) is 4.79 Å². The number of thiophene rings is 1. The van der Waals surface area contributed by atoms with E-state index in [0.717, 1.165) is 34.3 Å². The fraction of sp³-hybridized carbons (Fsp3) is 0.361.